The number of nitrogen functional groups attached to an aromatic ring is 1. The van der Waals surface area contributed by atoms with Gasteiger partial charge in [-0.05, 0) is 42.5 Å². The molecular formula is C13H19N3S. The molecule has 0 saturated heterocycles. The van der Waals surface area contributed by atoms with Crippen LogP contribution >= 0.6 is 11.8 Å². The number of aryl methyl sites for hydroxylation is 2. The Balaban J connectivity index is 2.18. The highest BCUT2D eigenvalue weighted by Gasteiger charge is 2.07. The third-order valence-corrected chi connectivity index (χ3v) is 3.79. The molecule has 1 heterocycles. The van der Waals surface area contributed by atoms with Crippen molar-refractivity contribution < 1.29 is 0 Å². The van der Waals surface area contributed by atoms with E-state index in [1.165, 1.54) is 17.1 Å². The molecule has 0 aliphatic carbocycles. The summed E-state index contributed by atoms with van der Waals surface area (Å²) in [6.07, 6.45) is 1.14. The summed E-state index contributed by atoms with van der Waals surface area (Å²) in [6, 6.07) is 6.31. The van der Waals surface area contributed by atoms with E-state index in [4.69, 9.17) is 5.73 Å². The van der Waals surface area contributed by atoms with Gasteiger partial charge in [0.05, 0.1) is 11.0 Å². The summed E-state index contributed by atoms with van der Waals surface area (Å²) in [4.78, 5) is 4.41. The molecule has 4 heteroatoms. The molecule has 0 aliphatic heterocycles. The zero-order valence-electron chi connectivity index (χ0n) is 10.4. The molecule has 0 amide bonds. The first-order chi connectivity index (χ1) is 8.22. The largest absolute Gasteiger partial charge is 0.369 e. The molecule has 2 N–H and O–H groups in total. The van der Waals surface area contributed by atoms with Crippen molar-refractivity contribution in [3.63, 3.8) is 0 Å². The Morgan fingerprint density at radius 1 is 1.41 bits per heavy atom. The number of fused-ring (bicyclic) bond motifs is 1. The Morgan fingerprint density at radius 2 is 2.24 bits per heavy atom. The second kappa shape index (κ2) is 5.45. The van der Waals surface area contributed by atoms with Crippen molar-refractivity contribution >= 4 is 28.7 Å². The number of anilines is 1. The van der Waals surface area contributed by atoms with E-state index in [1.807, 2.05) is 11.8 Å². The number of imidazole rings is 1. The normalized spacial score (nSPS) is 11.2. The van der Waals surface area contributed by atoms with Crippen LogP contribution in [0.4, 0.5) is 5.95 Å². The number of thioether (sulfide) groups is 1. The third kappa shape index (κ3) is 2.75. The van der Waals surface area contributed by atoms with Gasteiger partial charge in [0.15, 0.2) is 0 Å². The Labute approximate surface area is 106 Å². The van der Waals surface area contributed by atoms with Crippen LogP contribution in [0.5, 0.6) is 0 Å². The van der Waals surface area contributed by atoms with Crippen LogP contribution in [-0.4, -0.2) is 21.1 Å². The van der Waals surface area contributed by atoms with Crippen molar-refractivity contribution in [2.75, 3.05) is 17.2 Å². The highest BCUT2D eigenvalue weighted by Crippen LogP contribution is 2.19. The lowest BCUT2D eigenvalue weighted by Crippen LogP contribution is -2.04. The molecule has 3 nitrogen and oxygen atoms in total. The zero-order chi connectivity index (χ0) is 12.3. The molecule has 0 fully saturated rings. The van der Waals surface area contributed by atoms with Gasteiger partial charge in [-0.25, -0.2) is 4.98 Å². The standard InChI is InChI=1S/C13H19N3S/c1-3-17-8-4-7-16-12-6-5-10(2)9-11(12)15-13(16)14/h5-6,9H,3-4,7-8H2,1-2H3,(H2,14,15). The lowest BCUT2D eigenvalue weighted by atomic mass is 10.2. The average molecular weight is 249 g/mol. The predicted octanol–water partition coefficient (Wildman–Crippen LogP) is 3.07. The van der Waals surface area contributed by atoms with Crippen LogP contribution in [-0.2, 0) is 6.54 Å². The van der Waals surface area contributed by atoms with Crippen LogP contribution in [0.25, 0.3) is 11.0 Å². The van der Waals surface area contributed by atoms with E-state index in [-0.39, 0.29) is 0 Å². The van der Waals surface area contributed by atoms with Gasteiger partial charge in [-0.3, -0.25) is 0 Å². The molecule has 0 radical (unpaired) electrons. The van der Waals surface area contributed by atoms with E-state index in [1.54, 1.807) is 0 Å². The van der Waals surface area contributed by atoms with Gasteiger partial charge < -0.3 is 10.3 Å². The van der Waals surface area contributed by atoms with E-state index < -0.39 is 0 Å². The first kappa shape index (κ1) is 12.3. The van der Waals surface area contributed by atoms with Crippen LogP contribution in [0, 0.1) is 6.92 Å². The van der Waals surface area contributed by atoms with Crippen molar-refractivity contribution in [3.8, 4) is 0 Å². The van der Waals surface area contributed by atoms with Crippen LogP contribution in [0.15, 0.2) is 18.2 Å². The number of nitrogens with zero attached hydrogens (tertiary/aromatic N) is 2. The molecule has 0 aliphatic rings. The van der Waals surface area contributed by atoms with Gasteiger partial charge in [0, 0.05) is 6.54 Å². The van der Waals surface area contributed by atoms with Gasteiger partial charge in [0.2, 0.25) is 5.95 Å². The van der Waals surface area contributed by atoms with Crippen molar-refractivity contribution in [3.05, 3.63) is 23.8 Å². The Hall–Kier alpha value is -1.16. The number of rotatable bonds is 5. The molecule has 1 aromatic heterocycles. The maximum atomic E-state index is 5.96. The van der Waals surface area contributed by atoms with E-state index in [9.17, 15) is 0 Å². The first-order valence-electron chi connectivity index (χ1n) is 6.02. The van der Waals surface area contributed by atoms with E-state index >= 15 is 0 Å². The van der Waals surface area contributed by atoms with E-state index in [0.29, 0.717) is 5.95 Å². The summed E-state index contributed by atoms with van der Waals surface area (Å²) in [5.74, 6) is 2.99. The lowest BCUT2D eigenvalue weighted by Gasteiger charge is -2.05. The molecule has 0 unspecified atom stereocenters. The van der Waals surface area contributed by atoms with Crippen molar-refractivity contribution in [2.45, 2.75) is 26.8 Å². The van der Waals surface area contributed by atoms with Gasteiger partial charge in [-0.2, -0.15) is 11.8 Å². The number of hydrogen-bond acceptors (Lipinski definition) is 3. The van der Waals surface area contributed by atoms with Gasteiger partial charge in [0.1, 0.15) is 0 Å². The van der Waals surface area contributed by atoms with Gasteiger partial charge in [-0.15, -0.1) is 0 Å². The average Bonchev–Trinajstić information content (AvgIpc) is 2.60. The summed E-state index contributed by atoms with van der Waals surface area (Å²) >= 11 is 1.97. The number of benzene rings is 1. The lowest BCUT2D eigenvalue weighted by molar-refractivity contribution is 0.712. The second-order valence-electron chi connectivity index (χ2n) is 4.16. The SMILES string of the molecule is CCSCCCn1c(N)nc2cc(C)ccc21. The maximum absolute atomic E-state index is 5.96. The van der Waals surface area contributed by atoms with Gasteiger partial charge >= 0.3 is 0 Å². The molecule has 0 atom stereocenters. The Kier molecular flexibility index (Phi) is 3.94. The highest BCUT2D eigenvalue weighted by molar-refractivity contribution is 7.99. The zero-order valence-corrected chi connectivity index (χ0v) is 11.3. The molecule has 1 aromatic carbocycles. The quantitative estimate of drug-likeness (QED) is 0.828. The minimum absolute atomic E-state index is 0.632. The maximum Gasteiger partial charge on any atom is 0.201 e. The fraction of sp³-hybridized carbons (Fsp3) is 0.462. The smallest absolute Gasteiger partial charge is 0.201 e. The fourth-order valence-electron chi connectivity index (χ4n) is 1.96. The Morgan fingerprint density at radius 3 is 3.00 bits per heavy atom. The van der Waals surface area contributed by atoms with Crippen molar-refractivity contribution in [2.24, 2.45) is 0 Å². The molecule has 0 saturated carbocycles. The fourth-order valence-corrected chi connectivity index (χ4v) is 2.58. The highest BCUT2D eigenvalue weighted by atomic mass is 32.2. The van der Waals surface area contributed by atoms with Crippen molar-refractivity contribution in [1.82, 2.24) is 9.55 Å². The Bertz CT molecular complexity index is 505. The molecule has 2 aromatic rings. The molecule has 92 valence electrons. The van der Waals surface area contributed by atoms with Gasteiger partial charge in [-0.1, -0.05) is 13.0 Å². The van der Waals surface area contributed by atoms with E-state index in [0.717, 1.165) is 24.0 Å². The topological polar surface area (TPSA) is 43.8 Å². The minimum Gasteiger partial charge on any atom is -0.369 e. The second-order valence-corrected chi connectivity index (χ2v) is 5.56. The monoisotopic (exact) mass is 249 g/mol. The van der Waals surface area contributed by atoms with Crippen LogP contribution in [0.2, 0.25) is 0 Å². The number of aromatic nitrogens is 2. The summed E-state index contributed by atoms with van der Waals surface area (Å²) in [6.45, 7) is 5.22. The van der Waals surface area contributed by atoms with Crippen LogP contribution < -0.4 is 5.73 Å². The predicted molar refractivity (Wildman–Crippen MR) is 76.5 cm³/mol. The van der Waals surface area contributed by atoms with Crippen molar-refractivity contribution in [1.29, 1.82) is 0 Å². The number of nitrogens with two attached hydrogens (primary N) is 1. The molecule has 17 heavy (non-hydrogen) atoms. The molecule has 0 spiro atoms. The number of hydrogen-bond donors (Lipinski definition) is 1. The third-order valence-electron chi connectivity index (χ3n) is 2.81. The van der Waals surface area contributed by atoms with E-state index in [2.05, 4.69) is 41.6 Å². The molecule has 0 bridgehead atoms. The minimum atomic E-state index is 0.632. The summed E-state index contributed by atoms with van der Waals surface area (Å²) < 4.78 is 2.12. The molecule has 2 rings (SSSR count). The van der Waals surface area contributed by atoms with Gasteiger partial charge in [0.25, 0.3) is 0 Å². The summed E-state index contributed by atoms with van der Waals surface area (Å²) in [5.41, 5.74) is 9.34. The molecular weight excluding hydrogens is 230 g/mol. The van der Waals surface area contributed by atoms with Crippen LogP contribution in [0.3, 0.4) is 0 Å². The first-order valence-corrected chi connectivity index (χ1v) is 7.18. The summed E-state index contributed by atoms with van der Waals surface area (Å²) in [7, 11) is 0. The summed E-state index contributed by atoms with van der Waals surface area (Å²) in [5, 5.41) is 0. The van der Waals surface area contributed by atoms with Crippen LogP contribution in [0.1, 0.15) is 18.9 Å².